The normalized spacial score (nSPS) is 17.5. The number of nitrogens with zero attached hydrogens (tertiary/aromatic N) is 4. The molecule has 21 heavy (non-hydrogen) atoms. The van der Waals surface area contributed by atoms with Gasteiger partial charge in [0.2, 0.25) is 0 Å². The number of fused-ring (bicyclic) bond motifs is 1. The van der Waals surface area contributed by atoms with E-state index < -0.39 is 0 Å². The first kappa shape index (κ1) is 13.7. The Kier molecular flexibility index (Phi) is 3.90. The van der Waals surface area contributed by atoms with Crippen LogP contribution in [0.15, 0.2) is 47.5 Å². The van der Waals surface area contributed by atoms with Crippen LogP contribution in [0.2, 0.25) is 0 Å². The van der Waals surface area contributed by atoms with Gasteiger partial charge in [-0.1, -0.05) is 0 Å². The molecule has 3 heterocycles. The second-order valence-electron chi connectivity index (χ2n) is 5.45. The lowest BCUT2D eigenvalue weighted by atomic mass is 10.1. The number of hydrogen-bond donors (Lipinski definition) is 1. The average molecular weight is 283 g/mol. The molecule has 1 aliphatic heterocycles. The van der Waals surface area contributed by atoms with Gasteiger partial charge in [-0.3, -0.25) is 0 Å². The van der Waals surface area contributed by atoms with E-state index in [-0.39, 0.29) is 0 Å². The number of hydrogen-bond acceptors (Lipinski definition) is 3. The Morgan fingerprint density at radius 3 is 2.90 bits per heavy atom. The van der Waals surface area contributed by atoms with Gasteiger partial charge >= 0.3 is 0 Å². The van der Waals surface area contributed by atoms with E-state index in [1.54, 1.807) is 6.20 Å². The highest BCUT2D eigenvalue weighted by atomic mass is 15.1. The molecule has 0 unspecified atom stereocenters. The second kappa shape index (κ2) is 5.99. The highest BCUT2D eigenvalue weighted by molar-refractivity contribution is 5.93. The van der Waals surface area contributed by atoms with Gasteiger partial charge in [-0.25, -0.2) is 9.98 Å². The number of amidine groups is 1. The average Bonchev–Trinajstić information content (AvgIpc) is 2.95. The maximum Gasteiger partial charge on any atom is 0.138 e. The van der Waals surface area contributed by atoms with E-state index in [0.29, 0.717) is 5.84 Å². The minimum absolute atomic E-state index is 0.536. The fourth-order valence-corrected chi connectivity index (χ4v) is 2.70. The monoisotopic (exact) mass is 283 g/mol. The fourth-order valence-electron chi connectivity index (χ4n) is 2.70. The van der Waals surface area contributed by atoms with E-state index in [9.17, 15) is 0 Å². The molecule has 1 aliphatic rings. The quantitative estimate of drug-likeness (QED) is 0.696. The van der Waals surface area contributed by atoms with E-state index in [2.05, 4.69) is 21.8 Å². The molecule has 0 spiro atoms. The Hall–Kier alpha value is -2.30. The van der Waals surface area contributed by atoms with Crippen LogP contribution in [0.3, 0.4) is 0 Å². The summed E-state index contributed by atoms with van der Waals surface area (Å²) in [5, 5.41) is 0. The fraction of sp³-hybridized carbons (Fsp3) is 0.375. The van der Waals surface area contributed by atoms with E-state index >= 15 is 0 Å². The first-order chi connectivity index (χ1) is 10.2. The molecule has 1 fully saturated rings. The van der Waals surface area contributed by atoms with Crippen LogP contribution in [0, 0.1) is 0 Å². The molecule has 1 saturated heterocycles. The topological polar surface area (TPSA) is 58.9 Å². The number of aromatic nitrogens is 2. The zero-order chi connectivity index (χ0) is 14.7. The third kappa shape index (κ3) is 3.24. The van der Waals surface area contributed by atoms with Crippen molar-refractivity contribution in [1.82, 2.24) is 14.3 Å². The predicted molar refractivity (Wildman–Crippen MR) is 85.7 cm³/mol. The maximum absolute atomic E-state index is 6.05. The maximum atomic E-state index is 6.05. The van der Waals surface area contributed by atoms with Gasteiger partial charge in [0.1, 0.15) is 11.5 Å². The lowest BCUT2D eigenvalue weighted by molar-refractivity contribution is 0.286. The molecular weight excluding hydrogens is 262 g/mol. The molecule has 0 atom stereocenters. The zero-order valence-electron chi connectivity index (χ0n) is 12.4. The third-order valence-corrected chi connectivity index (χ3v) is 3.85. The van der Waals surface area contributed by atoms with Crippen molar-refractivity contribution in [3.05, 3.63) is 42.5 Å². The van der Waals surface area contributed by atoms with Gasteiger partial charge in [0.25, 0.3) is 0 Å². The number of nitrogens with two attached hydrogens (primary N) is 1. The Bertz CT molecular complexity index is 677. The SMILES string of the molecule is C/C(=C\C(N)=Nc1ccn2ccnc2c1)N1CCCCC1. The van der Waals surface area contributed by atoms with Crippen molar-refractivity contribution in [1.29, 1.82) is 0 Å². The minimum atomic E-state index is 0.536. The highest BCUT2D eigenvalue weighted by Crippen LogP contribution is 2.16. The molecule has 0 amide bonds. The van der Waals surface area contributed by atoms with Gasteiger partial charge in [0, 0.05) is 43.4 Å². The van der Waals surface area contributed by atoms with Crippen LogP contribution in [0.4, 0.5) is 5.69 Å². The van der Waals surface area contributed by atoms with Crippen molar-refractivity contribution >= 4 is 17.2 Å². The predicted octanol–water partition coefficient (Wildman–Crippen LogP) is 2.71. The number of rotatable bonds is 3. The van der Waals surface area contributed by atoms with Crippen molar-refractivity contribution < 1.29 is 0 Å². The minimum Gasteiger partial charge on any atom is -0.384 e. The van der Waals surface area contributed by atoms with Gasteiger partial charge in [-0.15, -0.1) is 0 Å². The molecule has 5 nitrogen and oxygen atoms in total. The molecule has 0 aromatic carbocycles. The second-order valence-corrected chi connectivity index (χ2v) is 5.45. The van der Waals surface area contributed by atoms with Gasteiger partial charge in [0.05, 0.1) is 5.69 Å². The van der Waals surface area contributed by atoms with Crippen molar-refractivity contribution in [3.8, 4) is 0 Å². The summed E-state index contributed by atoms with van der Waals surface area (Å²) in [5.41, 5.74) is 8.95. The molecule has 2 aromatic heterocycles. The van der Waals surface area contributed by atoms with Gasteiger partial charge in [-0.05, 0) is 38.3 Å². The number of allylic oxidation sites excluding steroid dienone is 1. The van der Waals surface area contributed by atoms with Gasteiger partial charge in [-0.2, -0.15) is 0 Å². The summed E-state index contributed by atoms with van der Waals surface area (Å²) in [6.07, 6.45) is 11.4. The van der Waals surface area contributed by atoms with E-state index in [1.807, 2.05) is 35.0 Å². The molecule has 0 aliphatic carbocycles. The van der Waals surface area contributed by atoms with E-state index in [4.69, 9.17) is 5.73 Å². The number of imidazole rings is 1. The first-order valence-corrected chi connectivity index (χ1v) is 7.42. The number of aliphatic imine (C=N–C) groups is 1. The van der Waals surface area contributed by atoms with E-state index in [1.165, 1.54) is 25.0 Å². The standard InChI is InChI=1S/C16H21N5/c1-13(20-7-3-2-4-8-20)11-15(17)19-14-5-9-21-10-6-18-16(21)12-14/h5-6,9-12H,2-4,7-8H2,1H3,(H2,17,19)/b13-11+. The number of pyridine rings is 1. The lowest BCUT2D eigenvalue weighted by Crippen LogP contribution is -2.28. The van der Waals surface area contributed by atoms with Crippen LogP contribution in [0.5, 0.6) is 0 Å². The zero-order valence-corrected chi connectivity index (χ0v) is 12.4. The smallest absolute Gasteiger partial charge is 0.138 e. The largest absolute Gasteiger partial charge is 0.384 e. The molecule has 110 valence electrons. The Morgan fingerprint density at radius 1 is 1.29 bits per heavy atom. The number of likely N-dealkylation sites (tertiary alicyclic amines) is 1. The molecule has 3 rings (SSSR count). The van der Waals surface area contributed by atoms with E-state index in [0.717, 1.165) is 24.4 Å². The Morgan fingerprint density at radius 2 is 2.10 bits per heavy atom. The summed E-state index contributed by atoms with van der Waals surface area (Å²) in [6.45, 7) is 4.34. The molecule has 2 N–H and O–H groups in total. The summed E-state index contributed by atoms with van der Waals surface area (Å²) in [6, 6.07) is 3.86. The molecule has 0 saturated carbocycles. The third-order valence-electron chi connectivity index (χ3n) is 3.85. The van der Waals surface area contributed by atoms with Crippen LogP contribution >= 0.6 is 0 Å². The molecule has 0 radical (unpaired) electrons. The van der Waals surface area contributed by atoms with Crippen LogP contribution in [-0.4, -0.2) is 33.2 Å². The van der Waals surface area contributed by atoms with Gasteiger partial charge < -0.3 is 15.0 Å². The van der Waals surface area contributed by atoms with Crippen LogP contribution in [-0.2, 0) is 0 Å². The summed E-state index contributed by atoms with van der Waals surface area (Å²) >= 11 is 0. The molecule has 0 bridgehead atoms. The Balaban J connectivity index is 1.77. The van der Waals surface area contributed by atoms with Crippen molar-refractivity contribution in [2.24, 2.45) is 10.7 Å². The summed E-state index contributed by atoms with van der Waals surface area (Å²) in [7, 11) is 0. The number of piperidine rings is 1. The molecular formula is C16H21N5. The Labute approximate surface area is 124 Å². The highest BCUT2D eigenvalue weighted by Gasteiger charge is 2.10. The van der Waals surface area contributed by atoms with Gasteiger partial charge in [0.15, 0.2) is 0 Å². The summed E-state index contributed by atoms with van der Waals surface area (Å²) in [4.78, 5) is 11.1. The summed E-state index contributed by atoms with van der Waals surface area (Å²) < 4.78 is 1.95. The van der Waals surface area contributed by atoms with Crippen molar-refractivity contribution in [3.63, 3.8) is 0 Å². The first-order valence-electron chi connectivity index (χ1n) is 7.42. The van der Waals surface area contributed by atoms with Crippen molar-refractivity contribution in [2.75, 3.05) is 13.1 Å². The van der Waals surface area contributed by atoms with Crippen molar-refractivity contribution in [2.45, 2.75) is 26.2 Å². The van der Waals surface area contributed by atoms with Crippen LogP contribution < -0.4 is 5.73 Å². The molecule has 2 aromatic rings. The molecule has 5 heteroatoms. The van der Waals surface area contributed by atoms with Crippen LogP contribution in [0.1, 0.15) is 26.2 Å². The lowest BCUT2D eigenvalue weighted by Gasteiger charge is -2.29. The van der Waals surface area contributed by atoms with Crippen LogP contribution in [0.25, 0.3) is 5.65 Å². The summed E-state index contributed by atoms with van der Waals surface area (Å²) in [5.74, 6) is 0.536.